The summed E-state index contributed by atoms with van der Waals surface area (Å²) in [5, 5.41) is 4.12. The molecule has 0 bridgehead atoms. The van der Waals surface area contributed by atoms with Crippen LogP contribution in [0.2, 0.25) is 0 Å². The van der Waals surface area contributed by atoms with Crippen LogP contribution in [-0.4, -0.2) is 32.2 Å². The van der Waals surface area contributed by atoms with Crippen molar-refractivity contribution in [3.63, 3.8) is 0 Å². The third-order valence-electron chi connectivity index (χ3n) is 5.41. The maximum atomic E-state index is 12.3. The number of carbonyl (C=O) groups excluding carboxylic acids is 1. The van der Waals surface area contributed by atoms with Crippen LogP contribution in [0.4, 0.5) is 0 Å². The summed E-state index contributed by atoms with van der Waals surface area (Å²) in [4.78, 5) is 21.6. The molecule has 0 atom stereocenters. The van der Waals surface area contributed by atoms with Gasteiger partial charge in [0.05, 0.1) is 5.75 Å². The molecular weight excluding hydrogens is 332 g/mol. The van der Waals surface area contributed by atoms with Crippen LogP contribution < -0.4 is 5.32 Å². The Morgan fingerprint density at radius 1 is 1.16 bits per heavy atom. The first kappa shape index (κ1) is 16.9. The molecule has 1 amide bonds. The summed E-state index contributed by atoms with van der Waals surface area (Å²) >= 11 is 1.56. The summed E-state index contributed by atoms with van der Waals surface area (Å²) in [6.45, 7) is 0. The number of carbonyl (C=O) groups is 1. The Hall–Kier alpha value is -1.56. The van der Waals surface area contributed by atoms with Gasteiger partial charge in [0.15, 0.2) is 10.8 Å². The van der Waals surface area contributed by atoms with E-state index in [1.54, 1.807) is 11.8 Å². The maximum Gasteiger partial charge on any atom is 0.230 e. The highest BCUT2D eigenvalue weighted by Crippen LogP contribution is 2.34. The summed E-state index contributed by atoms with van der Waals surface area (Å²) < 4.78 is 2.29. The Labute approximate surface area is 153 Å². The summed E-state index contributed by atoms with van der Waals surface area (Å²) in [5.41, 5.74) is 1.90. The molecule has 0 unspecified atom stereocenters. The SMILES string of the molecule is O=C(CSc1nc2cccnc2n1C1CCCCC1)NC1CCCC1. The molecule has 4 rings (SSSR count). The summed E-state index contributed by atoms with van der Waals surface area (Å²) in [7, 11) is 0. The molecule has 2 aliphatic carbocycles. The van der Waals surface area contributed by atoms with Crippen molar-refractivity contribution in [2.75, 3.05) is 5.75 Å². The first-order valence-corrected chi connectivity index (χ1v) is 10.5. The average Bonchev–Trinajstić information content (AvgIpc) is 3.27. The first-order chi connectivity index (χ1) is 12.3. The predicted molar refractivity (Wildman–Crippen MR) is 101 cm³/mol. The van der Waals surface area contributed by atoms with Gasteiger partial charge < -0.3 is 9.88 Å². The van der Waals surface area contributed by atoms with Gasteiger partial charge in [-0.2, -0.15) is 0 Å². The van der Waals surface area contributed by atoms with Gasteiger partial charge in [-0.15, -0.1) is 0 Å². The number of rotatable bonds is 5. The van der Waals surface area contributed by atoms with E-state index in [2.05, 4.69) is 14.9 Å². The second-order valence-corrected chi connectivity index (χ2v) is 8.18. The van der Waals surface area contributed by atoms with Gasteiger partial charge in [0.25, 0.3) is 0 Å². The van der Waals surface area contributed by atoms with E-state index in [1.165, 1.54) is 44.9 Å². The molecule has 2 saturated carbocycles. The standard InChI is InChI=1S/C19H26N4OS/c24-17(21-14-7-4-5-8-14)13-25-19-22-16-11-6-12-20-18(16)23(19)15-9-2-1-3-10-15/h6,11-12,14-15H,1-5,7-10,13H2,(H,21,24). The number of nitrogens with one attached hydrogen (secondary N) is 1. The Morgan fingerprint density at radius 2 is 1.92 bits per heavy atom. The van der Waals surface area contributed by atoms with Crippen molar-refractivity contribution in [3.8, 4) is 0 Å². The number of aromatic nitrogens is 3. The van der Waals surface area contributed by atoms with Gasteiger partial charge in [0.1, 0.15) is 5.52 Å². The number of hydrogen-bond donors (Lipinski definition) is 1. The molecule has 0 aromatic carbocycles. The van der Waals surface area contributed by atoms with Gasteiger partial charge >= 0.3 is 0 Å². The molecule has 2 heterocycles. The molecule has 134 valence electrons. The van der Waals surface area contributed by atoms with Crippen LogP contribution in [0, 0.1) is 0 Å². The van der Waals surface area contributed by atoms with E-state index >= 15 is 0 Å². The number of imidazole rings is 1. The number of amides is 1. The lowest BCUT2D eigenvalue weighted by Gasteiger charge is -2.24. The van der Waals surface area contributed by atoms with Crippen molar-refractivity contribution in [2.24, 2.45) is 0 Å². The van der Waals surface area contributed by atoms with Gasteiger partial charge in [-0.3, -0.25) is 4.79 Å². The highest BCUT2D eigenvalue weighted by molar-refractivity contribution is 7.99. The molecule has 6 heteroatoms. The van der Waals surface area contributed by atoms with E-state index in [0.717, 1.165) is 29.2 Å². The quantitative estimate of drug-likeness (QED) is 0.818. The highest BCUT2D eigenvalue weighted by Gasteiger charge is 2.23. The van der Waals surface area contributed by atoms with Crippen LogP contribution in [0.1, 0.15) is 63.8 Å². The lowest BCUT2D eigenvalue weighted by atomic mass is 9.95. The van der Waals surface area contributed by atoms with Crippen molar-refractivity contribution < 1.29 is 4.79 Å². The fraction of sp³-hybridized carbons (Fsp3) is 0.632. The second kappa shape index (κ2) is 7.77. The minimum Gasteiger partial charge on any atom is -0.353 e. The second-order valence-electron chi connectivity index (χ2n) is 7.24. The van der Waals surface area contributed by atoms with Crippen molar-refractivity contribution >= 4 is 28.8 Å². The number of hydrogen-bond acceptors (Lipinski definition) is 4. The molecule has 25 heavy (non-hydrogen) atoms. The minimum atomic E-state index is 0.132. The van der Waals surface area contributed by atoms with E-state index < -0.39 is 0 Å². The van der Waals surface area contributed by atoms with Crippen molar-refractivity contribution in [3.05, 3.63) is 18.3 Å². The largest absolute Gasteiger partial charge is 0.353 e. The fourth-order valence-corrected chi connectivity index (χ4v) is 5.03. The number of thioether (sulfide) groups is 1. The molecular formula is C19H26N4OS. The Balaban J connectivity index is 1.50. The zero-order chi connectivity index (χ0) is 17.1. The number of fused-ring (bicyclic) bond motifs is 1. The van der Waals surface area contributed by atoms with Crippen molar-refractivity contribution in [1.29, 1.82) is 0 Å². The normalized spacial score (nSPS) is 19.5. The third-order valence-corrected chi connectivity index (χ3v) is 6.36. The maximum absolute atomic E-state index is 12.3. The molecule has 0 spiro atoms. The first-order valence-electron chi connectivity index (χ1n) is 9.56. The van der Waals surface area contributed by atoms with E-state index in [-0.39, 0.29) is 5.91 Å². The zero-order valence-corrected chi connectivity index (χ0v) is 15.4. The molecule has 5 nitrogen and oxygen atoms in total. The van der Waals surface area contributed by atoms with Gasteiger partial charge in [-0.05, 0) is 37.8 Å². The number of pyridine rings is 1. The van der Waals surface area contributed by atoms with Crippen LogP contribution >= 0.6 is 11.8 Å². The van der Waals surface area contributed by atoms with Gasteiger partial charge in [0, 0.05) is 18.3 Å². The molecule has 2 aromatic rings. The third kappa shape index (κ3) is 3.84. The van der Waals surface area contributed by atoms with Gasteiger partial charge in [-0.1, -0.05) is 43.9 Å². The van der Waals surface area contributed by atoms with E-state index in [4.69, 9.17) is 4.98 Å². The van der Waals surface area contributed by atoms with Crippen LogP contribution in [0.5, 0.6) is 0 Å². The van der Waals surface area contributed by atoms with E-state index in [1.807, 2.05) is 18.3 Å². The predicted octanol–water partition coefficient (Wildman–Crippen LogP) is 4.09. The van der Waals surface area contributed by atoms with Crippen LogP contribution in [-0.2, 0) is 4.79 Å². The van der Waals surface area contributed by atoms with E-state index in [0.29, 0.717) is 17.8 Å². The fourth-order valence-electron chi connectivity index (χ4n) is 4.15. The Morgan fingerprint density at radius 3 is 2.72 bits per heavy atom. The van der Waals surface area contributed by atoms with Crippen LogP contribution in [0.25, 0.3) is 11.2 Å². The summed E-state index contributed by atoms with van der Waals surface area (Å²) in [5.74, 6) is 0.569. The molecule has 0 saturated heterocycles. The number of nitrogens with zero attached hydrogens (tertiary/aromatic N) is 3. The smallest absolute Gasteiger partial charge is 0.230 e. The van der Waals surface area contributed by atoms with Crippen molar-refractivity contribution in [2.45, 2.75) is 75.0 Å². The zero-order valence-electron chi connectivity index (χ0n) is 14.6. The molecule has 2 fully saturated rings. The monoisotopic (exact) mass is 358 g/mol. The topological polar surface area (TPSA) is 59.8 Å². The Bertz CT molecular complexity index is 732. The highest BCUT2D eigenvalue weighted by atomic mass is 32.2. The lowest BCUT2D eigenvalue weighted by Crippen LogP contribution is -2.33. The summed E-state index contributed by atoms with van der Waals surface area (Å²) in [6, 6.07) is 4.80. The Kier molecular flexibility index (Phi) is 5.25. The van der Waals surface area contributed by atoms with Gasteiger partial charge in [0.2, 0.25) is 5.91 Å². The lowest BCUT2D eigenvalue weighted by molar-refractivity contribution is -0.119. The molecule has 0 aliphatic heterocycles. The van der Waals surface area contributed by atoms with Crippen molar-refractivity contribution in [1.82, 2.24) is 19.9 Å². The van der Waals surface area contributed by atoms with Gasteiger partial charge in [-0.25, -0.2) is 9.97 Å². The minimum absolute atomic E-state index is 0.132. The molecule has 2 aromatic heterocycles. The summed E-state index contributed by atoms with van der Waals surface area (Å²) in [6.07, 6.45) is 12.8. The van der Waals surface area contributed by atoms with Crippen LogP contribution in [0.3, 0.4) is 0 Å². The van der Waals surface area contributed by atoms with E-state index in [9.17, 15) is 4.79 Å². The molecule has 1 N–H and O–H groups in total. The molecule has 2 aliphatic rings. The molecule has 0 radical (unpaired) electrons. The van der Waals surface area contributed by atoms with Crippen LogP contribution in [0.15, 0.2) is 23.5 Å². The average molecular weight is 359 g/mol.